The Morgan fingerprint density at radius 3 is 2.82 bits per heavy atom. The molecule has 2 heterocycles. The molecule has 3 nitrogen and oxygen atoms in total. The number of amidine groups is 1. The van der Waals surface area contributed by atoms with E-state index in [-0.39, 0.29) is 0 Å². The van der Waals surface area contributed by atoms with Crippen LogP contribution < -0.4 is 0 Å². The van der Waals surface area contributed by atoms with Crippen LogP contribution in [0, 0.1) is 0 Å². The molecular formula is C8H12N2O. The van der Waals surface area contributed by atoms with E-state index in [4.69, 9.17) is 4.74 Å². The van der Waals surface area contributed by atoms with E-state index in [0.717, 1.165) is 32.7 Å². The van der Waals surface area contributed by atoms with Gasteiger partial charge in [-0.3, -0.25) is 0 Å². The molecule has 0 N–H and O–H groups in total. The van der Waals surface area contributed by atoms with Crippen molar-refractivity contribution in [3.63, 3.8) is 0 Å². The third kappa shape index (κ3) is 1.43. The highest BCUT2D eigenvalue weighted by Gasteiger charge is 2.14. The van der Waals surface area contributed by atoms with Crippen LogP contribution in [0.4, 0.5) is 0 Å². The van der Waals surface area contributed by atoms with E-state index in [1.807, 2.05) is 6.20 Å². The van der Waals surface area contributed by atoms with Crippen LogP contribution in [0.5, 0.6) is 0 Å². The van der Waals surface area contributed by atoms with Gasteiger partial charge < -0.3 is 9.64 Å². The van der Waals surface area contributed by atoms with E-state index in [0.29, 0.717) is 0 Å². The fraction of sp³-hybridized carbons (Fsp3) is 0.625. The molecule has 0 atom stereocenters. The summed E-state index contributed by atoms with van der Waals surface area (Å²) in [6, 6.07) is 0. The van der Waals surface area contributed by atoms with Crippen LogP contribution in [0.1, 0.15) is 6.42 Å². The van der Waals surface area contributed by atoms with Gasteiger partial charge in [-0.2, -0.15) is 0 Å². The lowest BCUT2D eigenvalue weighted by Gasteiger charge is -2.28. The normalized spacial score (nSPS) is 24.0. The topological polar surface area (TPSA) is 24.8 Å². The molecule has 0 radical (unpaired) electrons. The summed E-state index contributed by atoms with van der Waals surface area (Å²) < 4.78 is 5.24. The average molecular weight is 152 g/mol. The molecule has 0 aromatic heterocycles. The Balaban J connectivity index is 1.93. The number of nitrogens with zero attached hydrogens (tertiary/aromatic N) is 2. The van der Waals surface area contributed by atoms with Gasteiger partial charge in [0.2, 0.25) is 0 Å². The van der Waals surface area contributed by atoms with Gasteiger partial charge in [0.05, 0.1) is 13.2 Å². The summed E-state index contributed by atoms with van der Waals surface area (Å²) >= 11 is 0. The molecule has 1 fully saturated rings. The quantitative estimate of drug-likeness (QED) is 0.508. The maximum Gasteiger partial charge on any atom is 0.108 e. The first-order valence-corrected chi connectivity index (χ1v) is 4.01. The third-order valence-electron chi connectivity index (χ3n) is 2.01. The van der Waals surface area contributed by atoms with Gasteiger partial charge >= 0.3 is 0 Å². The first kappa shape index (κ1) is 6.85. The van der Waals surface area contributed by atoms with Crippen molar-refractivity contribution in [3.05, 3.63) is 12.3 Å². The lowest BCUT2D eigenvalue weighted by Crippen LogP contribution is -2.39. The Labute approximate surface area is 66.4 Å². The molecule has 0 saturated carbocycles. The van der Waals surface area contributed by atoms with Crippen molar-refractivity contribution in [1.29, 1.82) is 0 Å². The lowest BCUT2D eigenvalue weighted by atomic mass is 10.3. The molecule has 3 heteroatoms. The molecule has 0 aromatic carbocycles. The van der Waals surface area contributed by atoms with Crippen LogP contribution in [-0.4, -0.2) is 37.0 Å². The number of morpholine rings is 1. The van der Waals surface area contributed by atoms with Crippen molar-refractivity contribution in [2.45, 2.75) is 6.42 Å². The van der Waals surface area contributed by atoms with E-state index in [1.54, 1.807) is 0 Å². The van der Waals surface area contributed by atoms with Crippen LogP contribution in [0.25, 0.3) is 0 Å². The molecule has 11 heavy (non-hydrogen) atoms. The van der Waals surface area contributed by atoms with E-state index in [9.17, 15) is 0 Å². The molecule has 0 aromatic rings. The molecule has 2 aliphatic rings. The van der Waals surface area contributed by atoms with E-state index < -0.39 is 0 Å². The predicted molar refractivity (Wildman–Crippen MR) is 43.6 cm³/mol. The summed E-state index contributed by atoms with van der Waals surface area (Å²) in [6.07, 6.45) is 4.97. The maximum absolute atomic E-state index is 5.24. The summed E-state index contributed by atoms with van der Waals surface area (Å²) in [5.74, 6) is 1.20. The number of ether oxygens (including phenoxy) is 1. The molecule has 2 rings (SSSR count). The SMILES string of the molecule is C1=CN=C(N2CCOCC2)C1. The van der Waals surface area contributed by atoms with Crippen LogP contribution in [0.15, 0.2) is 17.3 Å². The van der Waals surface area contributed by atoms with Crippen molar-refractivity contribution < 1.29 is 4.74 Å². The van der Waals surface area contributed by atoms with Gasteiger partial charge in [-0.15, -0.1) is 0 Å². The minimum Gasteiger partial charge on any atom is -0.378 e. The molecule has 60 valence electrons. The van der Waals surface area contributed by atoms with Gasteiger partial charge in [-0.25, -0.2) is 4.99 Å². The second kappa shape index (κ2) is 3.05. The smallest absolute Gasteiger partial charge is 0.108 e. The zero-order valence-corrected chi connectivity index (χ0v) is 6.49. The van der Waals surface area contributed by atoms with Gasteiger partial charge in [0.15, 0.2) is 0 Å². The van der Waals surface area contributed by atoms with Crippen LogP contribution in [-0.2, 0) is 4.74 Å². The lowest BCUT2D eigenvalue weighted by molar-refractivity contribution is 0.0676. The molecule has 1 saturated heterocycles. The van der Waals surface area contributed by atoms with Crippen molar-refractivity contribution in [1.82, 2.24) is 4.90 Å². The molecule has 0 aliphatic carbocycles. The molecule has 0 amide bonds. The second-order valence-electron chi connectivity index (χ2n) is 2.73. The van der Waals surface area contributed by atoms with Gasteiger partial charge in [-0.1, -0.05) is 6.08 Å². The molecule has 0 bridgehead atoms. The largest absolute Gasteiger partial charge is 0.378 e. The summed E-state index contributed by atoms with van der Waals surface area (Å²) in [5, 5.41) is 0. The van der Waals surface area contributed by atoms with Crippen molar-refractivity contribution in [2.24, 2.45) is 4.99 Å². The fourth-order valence-electron chi connectivity index (χ4n) is 1.38. The Morgan fingerprint density at radius 1 is 1.36 bits per heavy atom. The number of rotatable bonds is 0. The number of hydrogen-bond acceptors (Lipinski definition) is 3. The fourth-order valence-corrected chi connectivity index (χ4v) is 1.38. The van der Waals surface area contributed by atoms with Crippen LogP contribution >= 0.6 is 0 Å². The van der Waals surface area contributed by atoms with Crippen molar-refractivity contribution >= 4 is 5.84 Å². The minimum absolute atomic E-state index is 0.846. The Hall–Kier alpha value is -0.830. The third-order valence-corrected chi connectivity index (χ3v) is 2.01. The highest BCUT2D eigenvalue weighted by Crippen LogP contribution is 2.07. The summed E-state index contributed by atoms with van der Waals surface area (Å²) in [4.78, 5) is 6.56. The van der Waals surface area contributed by atoms with Crippen LogP contribution in [0.3, 0.4) is 0 Å². The summed E-state index contributed by atoms with van der Waals surface area (Å²) in [6.45, 7) is 3.69. The molecule has 0 unspecified atom stereocenters. The average Bonchev–Trinajstić information content (AvgIpc) is 2.58. The molecule has 2 aliphatic heterocycles. The highest BCUT2D eigenvalue weighted by molar-refractivity contribution is 5.86. The van der Waals surface area contributed by atoms with Crippen LogP contribution in [0.2, 0.25) is 0 Å². The van der Waals surface area contributed by atoms with Gasteiger partial charge in [0.1, 0.15) is 5.84 Å². The number of aliphatic imine (C=N–C) groups is 1. The maximum atomic E-state index is 5.24. The standard InChI is InChI=1S/C8H12N2O/c1-2-8(9-3-1)10-4-6-11-7-5-10/h1,3H,2,4-7H2. The predicted octanol–water partition coefficient (Wildman–Crippen LogP) is 0.634. The zero-order chi connectivity index (χ0) is 7.52. The number of hydrogen-bond donors (Lipinski definition) is 0. The first-order valence-electron chi connectivity index (χ1n) is 4.01. The Bertz CT molecular complexity index is 192. The highest BCUT2D eigenvalue weighted by atomic mass is 16.5. The van der Waals surface area contributed by atoms with E-state index in [2.05, 4.69) is 16.0 Å². The zero-order valence-electron chi connectivity index (χ0n) is 6.49. The monoisotopic (exact) mass is 152 g/mol. The second-order valence-corrected chi connectivity index (χ2v) is 2.73. The van der Waals surface area contributed by atoms with Gasteiger partial charge in [-0.05, 0) is 0 Å². The van der Waals surface area contributed by atoms with Crippen molar-refractivity contribution in [2.75, 3.05) is 26.3 Å². The summed E-state index contributed by atoms with van der Waals surface area (Å²) in [7, 11) is 0. The Morgan fingerprint density at radius 2 is 2.18 bits per heavy atom. The van der Waals surface area contributed by atoms with E-state index >= 15 is 0 Å². The van der Waals surface area contributed by atoms with Gasteiger partial charge in [0, 0.05) is 25.7 Å². The van der Waals surface area contributed by atoms with Gasteiger partial charge in [0.25, 0.3) is 0 Å². The molecular weight excluding hydrogens is 140 g/mol. The van der Waals surface area contributed by atoms with Crippen molar-refractivity contribution in [3.8, 4) is 0 Å². The molecule has 0 spiro atoms. The Kier molecular flexibility index (Phi) is 1.90. The minimum atomic E-state index is 0.846. The first-order chi connectivity index (χ1) is 5.47. The van der Waals surface area contributed by atoms with E-state index in [1.165, 1.54) is 5.84 Å². The summed E-state index contributed by atoms with van der Waals surface area (Å²) in [5.41, 5.74) is 0.